The molecule has 0 aliphatic rings. The van der Waals surface area contributed by atoms with Crippen molar-refractivity contribution in [2.75, 3.05) is 5.32 Å². The maximum atomic E-state index is 12.5. The Morgan fingerprint density at radius 2 is 2.21 bits per heavy atom. The third kappa shape index (κ3) is 3.13. The second-order valence-electron chi connectivity index (χ2n) is 4.88. The van der Waals surface area contributed by atoms with Crippen LogP contribution < -0.4 is 10.1 Å². The number of fused-ring (bicyclic) bond motifs is 1. The van der Waals surface area contributed by atoms with Crippen molar-refractivity contribution >= 4 is 28.8 Å². The van der Waals surface area contributed by atoms with Gasteiger partial charge in [0.1, 0.15) is 10.8 Å². The zero-order valence-corrected chi connectivity index (χ0v) is 13.1. The minimum absolute atomic E-state index is 0.0667. The minimum Gasteiger partial charge on any atom is -0.433 e. The van der Waals surface area contributed by atoms with Crippen molar-refractivity contribution in [3.05, 3.63) is 52.9 Å². The Morgan fingerprint density at radius 1 is 1.42 bits per heavy atom. The number of carbonyl (C=O) groups is 1. The highest BCUT2D eigenvalue weighted by Gasteiger charge is 2.20. The number of amides is 1. The molecule has 3 aromatic rings. The van der Waals surface area contributed by atoms with Gasteiger partial charge in [-0.2, -0.15) is 13.9 Å². The van der Waals surface area contributed by atoms with E-state index in [0.29, 0.717) is 5.65 Å². The number of hydrogen-bond donors (Lipinski definition) is 1. The number of carbonyl (C=O) groups excluding carboxylic acids is 1. The predicted octanol–water partition coefficient (Wildman–Crippen LogP) is 3.54. The molecule has 1 amide bonds. The second-order valence-corrected chi connectivity index (χ2v) is 5.26. The average molecular weight is 353 g/mol. The number of benzene rings is 1. The smallest absolute Gasteiger partial charge is 0.387 e. The van der Waals surface area contributed by atoms with Crippen LogP contribution in [0.4, 0.5) is 14.5 Å². The molecule has 0 bridgehead atoms. The molecule has 2 aromatic heterocycles. The number of halogens is 3. The van der Waals surface area contributed by atoms with Crippen LogP contribution in [-0.4, -0.2) is 27.1 Å². The number of ether oxygens (including phenoxy) is 1. The van der Waals surface area contributed by atoms with Gasteiger partial charge in [-0.1, -0.05) is 17.7 Å². The first-order valence-electron chi connectivity index (χ1n) is 6.81. The lowest BCUT2D eigenvalue weighted by Crippen LogP contribution is -2.15. The van der Waals surface area contributed by atoms with Gasteiger partial charge < -0.3 is 10.1 Å². The third-order valence-electron chi connectivity index (χ3n) is 3.15. The van der Waals surface area contributed by atoms with Crippen molar-refractivity contribution in [1.29, 1.82) is 0 Å². The molecule has 0 aliphatic heterocycles. The van der Waals surface area contributed by atoms with Crippen LogP contribution in [0.2, 0.25) is 5.02 Å². The van der Waals surface area contributed by atoms with E-state index in [1.54, 1.807) is 25.3 Å². The molecular formula is C15H11ClF2N4O2. The summed E-state index contributed by atoms with van der Waals surface area (Å²) >= 11 is 6.12. The van der Waals surface area contributed by atoms with Crippen LogP contribution >= 0.6 is 11.6 Å². The van der Waals surface area contributed by atoms with Crippen LogP contribution in [0, 0.1) is 6.92 Å². The summed E-state index contributed by atoms with van der Waals surface area (Å²) in [5.74, 6) is -0.808. The number of aromatic nitrogens is 3. The van der Waals surface area contributed by atoms with E-state index < -0.39 is 12.5 Å². The molecule has 1 N–H and O–H groups in total. The molecule has 3 rings (SSSR count). The van der Waals surface area contributed by atoms with Crippen molar-refractivity contribution in [2.45, 2.75) is 13.5 Å². The molecule has 2 heterocycles. The quantitative estimate of drug-likeness (QED) is 0.779. The van der Waals surface area contributed by atoms with Gasteiger partial charge in [0.05, 0.1) is 5.69 Å². The van der Waals surface area contributed by atoms with Gasteiger partial charge >= 0.3 is 6.61 Å². The Labute approximate surface area is 140 Å². The molecule has 0 fully saturated rings. The average Bonchev–Trinajstić information content (AvgIpc) is 2.87. The van der Waals surface area contributed by atoms with Crippen LogP contribution in [0.25, 0.3) is 5.65 Å². The third-order valence-corrected chi connectivity index (χ3v) is 3.50. The fourth-order valence-corrected chi connectivity index (χ4v) is 2.38. The molecule has 6 nitrogen and oxygen atoms in total. The maximum absolute atomic E-state index is 12.5. The Balaban J connectivity index is 1.94. The number of hydrogen-bond acceptors (Lipinski definition) is 4. The molecule has 0 saturated carbocycles. The van der Waals surface area contributed by atoms with Gasteiger partial charge in [-0.15, -0.1) is 0 Å². The van der Waals surface area contributed by atoms with E-state index in [4.69, 9.17) is 11.6 Å². The first kappa shape index (κ1) is 16.1. The van der Waals surface area contributed by atoms with Gasteiger partial charge in [-0.05, 0) is 30.7 Å². The van der Waals surface area contributed by atoms with Crippen LogP contribution in [0.3, 0.4) is 0 Å². The van der Waals surface area contributed by atoms with E-state index in [9.17, 15) is 13.6 Å². The van der Waals surface area contributed by atoms with E-state index in [2.05, 4.69) is 20.1 Å². The summed E-state index contributed by atoms with van der Waals surface area (Å²) in [5.41, 5.74) is 1.11. The summed E-state index contributed by atoms with van der Waals surface area (Å²) in [4.78, 5) is 16.4. The summed E-state index contributed by atoms with van der Waals surface area (Å²) in [6.07, 6.45) is 3.10. The van der Waals surface area contributed by atoms with Crippen molar-refractivity contribution < 1.29 is 18.3 Å². The zero-order valence-electron chi connectivity index (χ0n) is 12.3. The van der Waals surface area contributed by atoms with Gasteiger partial charge in [0, 0.05) is 12.4 Å². The summed E-state index contributed by atoms with van der Waals surface area (Å²) in [6.45, 7) is -1.25. The van der Waals surface area contributed by atoms with E-state index in [0.717, 1.165) is 5.56 Å². The molecule has 24 heavy (non-hydrogen) atoms. The number of aryl methyl sites for hydroxylation is 1. The van der Waals surface area contributed by atoms with Crippen LogP contribution in [0.15, 0.2) is 36.7 Å². The molecule has 0 unspecified atom stereocenters. The minimum atomic E-state index is -3.01. The summed E-state index contributed by atoms with van der Waals surface area (Å²) in [7, 11) is 0. The van der Waals surface area contributed by atoms with E-state index in [-0.39, 0.29) is 22.2 Å². The number of alkyl halides is 2. The second kappa shape index (κ2) is 6.40. The molecule has 124 valence electrons. The highest BCUT2D eigenvalue weighted by Crippen LogP contribution is 2.28. The summed E-state index contributed by atoms with van der Waals surface area (Å²) in [5, 5.41) is 6.60. The molecule has 1 aromatic carbocycles. The standard InChI is InChI=1S/C15H11ClF2N4O2/c1-8-3-4-10(24-15(17)18)9(7-8)20-14(23)12-11(16)13-19-5-2-6-22(13)21-12/h2-7,15H,1H3,(H,20,23). The maximum Gasteiger partial charge on any atom is 0.387 e. The largest absolute Gasteiger partial charge is 0.433 e. The van der Waals surface area contributed by atoms with Gasteiger partial charge in [0.25, 0.3) is 5.91 Å². The SMILES string of the molecule is Cc1ccc(OC(F)F)c(NC(=O)c2nn3cccnc3c2Cl)c1. The molecule has 0 aliphatic carbocycles. The molecule has 0 spiro atoms. The van der Waals surface area contributed by atoms with Gasteiger partial charge in [-0.3, -0.25) is 4.79 Å². The van der Waals surface area contributed by atoms with Gasteiger partial charge in [-0.25, -0.2) is 9.50 Å². The Morgan fingerprint density at radius 3 is 2.92 bits per heavy atom. The highest BCUT2D eigenvalue weighted by molar-refractivity contribution is 6.37. The lowest BCUT2D eigenvalue weighted by Gasteiger charge is -2.12. The normalized spacial score (nSPS) is 11.0. The van der Waals surface area contributed by atoms with E-state index in [1.807, 2.05) is 0 Å². The monoisotopic (exact) mass is 352 g/mol. The number of rotatable bonds is 4. The molecule has 0 saturated heterocycles. The first-order chi connectivity index (χ1) is 11.5. The van der Waals surface area contributed by atoms with Crippen LogP contribution in [0.1, 0.15) is 16.1 Å². The van der Waals surface area contributed by atoms with E-state index >= 15 is 0 Å². The number of nitrogens with zero attached hydrogens (tertiary/aromatic N) is 3. The molecule has 0 atom stereocenters. The van der Waals surface area contributed by atoms with Crippen molar-refractivity contribution in [1.82, 2.24) is 14.6 Å². The first-order valence-corrected chi connectivity index (χ1v) is 7.19. The summed E-state index contributed by atoms with van der Waals surface area (Å²) < 4.78 is 30.7. The van der Waals surface area contributed by atoms with Crippen molar-refractivity contribution in [3.8, 4) is 5.75 Å². The highest BCUT2D eigenvalue weighted by atomic mass is 35.5. The molecule has 9 heteroatoms. The van der Waals surface area contributed by atoms with Gasteiger partial charge in [0.2, 0.25) is 0 Å². The Hall–Kier alpha value is -2.74. The molecule has 0 radical (unpaired) electrons. The Kier molecular flexibility index (Phi) is 4.30. The molecular weight excluding hydrogens is 342 g/mol. The summed E-state index contributed by atoms with van der Waals surface area (Å²) in [6, 6.07) is 6.09. The van der Waals surface area contributed by atoms with Gasteiger partial charge in [0.15, 0.2) is 11.3 Å². The van der Waals surface area contributed by atoms with Crippen LogP contribution in [0.5, 0.6) is 5.75 Å². The lowest BCUT2D eigenvalue weighted by molar-refractivity contribution is -0.0493. The fraction of sp³-hybridized carbons (Fsp3) is 0.133. The number of nitrogens with one attached hydrogen (secondary N) is 1. The predicted molar refractivity (Wildman–Crippen MR) is 83.8 cm³/mol. The van der Waals surface area contributed by atoms with Crippen molar-refractivity contribution in [3.63, 3.8) is 0 Å². The Bertz CT molecular complexity index is 914. The van der Waals surface area contributed by atoms with E-state index in [1.165, 1.54) is 22.8 Å². The lowest BCUT2D eigenvalue weighted by atomic mass is 10.2. The van der Waals surface area contributed by atoms with Crippen molar-refractivity contribution in [2.24, 2.45) is 0 Å². The topological polar surface area (TPSA) is 68.5 Å². The number of anilines is 1. The fourth-order valence-electron chi connectivity index (χ4n) is 2.13. The zero-order chi connectivity index (χ0) is 17.3. The van der Waals surface area contributed by atoms with Crippen LogP contribution in [-0.2, 0) is 0 Å².